The molecular weight excluding hydrogens is 127 g/mol. The van der Waals surface area contributed by atoms with Crippen molar-refractivity contribution in [2.75, 3.05) is 0 Å². The van der Waals surface area contributed by atoms with E-state index < -0.39 is 5.67 Å². The lowest BCUT2D eigenvalue weighted by atomic mass is 9.90. The molecule has 62 valence electrons. The molecule has 0 radical (unpaired) electrons. The van der Waals surface area contributed by atoms with Crippen LogP contribution >= 0.6 is 0 Å². The lowest BCUT2D eigenvalue weighted by Gasteiger charge is -2.23. The first-order valence-electron chi connectivity index (χ1n) is 4.23. The Balaban J connectivity index is 3.80. The second kappa shape index (κ2) is 3.95. The van der Waals surface area contributed by atoms with Gasteiger partial charge in [0.1, 0.15) is 5.67 Å². The molecule has 0 aromatic carbocycles. The Morgan fingerprint density at radius 1 is 1.20 bits per heavy atom. The molecule has 0 nitrogen and oxygen atoms in total. The van der Waals surface area contributed by atoms with E-state index in [1.165, 1.54) is 0 Å². The highest BCUT2D eigenvalue weighted by Gasteiger charge is 2.25. The first kappa shape index (κ1) is 9.93. The third-order valence-corrected chi connectivity index (χ3v) is 2.04. The van der Waals surface area contributed by atoms with Crippen molar-refractivity contribution < 1.29 is 4.39 Å². The van der Waals surface area contributed by atoms with Gasteiger partial charge in [-0.25, -0.2) is 4.39 Å². The Hall–Kier alpha value is -0.0700. The van der Waals surface area contributed by atoms with Gasteiger partial charge < -0.3 is 0 Å². The number of alkyl halides is 1. The average Bonchev–Trinajstić information content (AvgIpc) is 1.87. The third-order valence-electron chi connectivity index (χ3n) is 2.04. The summed E-state index contributed by atoms with van der Waals surface area (Å²) in [5.41, 5.74) is -0.895. The number of hydrogen-bond acceptors (Lipinski definition) is 0. The third kappa shape index (κ3) is 3.19. The Morgan fingerprint density at radius 2 is 1.60 bits per heavy atom. The molecule has 0 atom stereocenters. The van der Waals surface area contributed by atoms with Crippen molar-refractivity contribution in [3.63, 3.8) is 0 Å². The molecule has 0 amide bonds. The molecule has 0 aliphatic heterocycles. The number of hydrogen-bond donors (Lipinski definition) is 0. The van der Waals surface area contributed by atoms with E-state index >= 15 is 0 Å². The van der Waals surface area contributed by atoms with Crippen LogP contribution in [-0.4, -0.2) is 5.67 Å². The van der Waals surface area contributed by atoms with Gasteiger partial charge in [-0.15, -0.1) is 0 Å². The first-order chi connectivity index (χ1) is 4.54. The zero-order chi connectivity index (χ0) is 8.20. The van der Waals surface area contributed by atoms with E-state index in [4.69, 9.17) is 0 Å². The molecule has 10 heavy (non-hydrogen) atoms. The molecule has 0 saturated heterocycles. The molecule has 0 fully saturated rings. The van der Waals surface area contributed by atoms with Crippen molar-refractivity contribution in [3.05, 3.63) is 0 Å². The van der Waals surface area contributed by atoms with E-state index in [2.05, 4.69) is 13.8 Å². The minimum Gasteiger partial charge on any atom is -0.244 e. The Bertz CT molecular complexity index is 82.7. The quantitative estimate of drug-likeness (QED) is 0.569. The molecule has 0 aliphatic rings. The van der Waals surface area contributed by atoms with Crippen LogP contribution in [0.15, 0.2) is 0 Å². The minimum atomic E-state index is -0.895. The van der Waals surface area contributed by atoms with Crippen molar-refractivity contribution in [1.29, 1.82) is 0 Å². The van der Waals surface area contributed by atoms with E-state index in [9.17, 15) is 4.39 Å². The molecule has 0 N–H and O–H groups in total. The van der Waals surface area contributed by atoms with Crippen molar-refractivity contribution in [1.82, 2.24) is 0 Å². The van der Waals surface area contributed by atoms with Crippen LogP contribution in [0.3, 0.4) is 0 Å². The fourth-order valence-corrected chi connectivity index (χ4v) is 1.27. The van der Waals surface area contributed by atoms with Crippen LogP contribution in [-0.2, 0) is 0 Å². The maximum atomic E-state index is 13.5. The predicted octanol–water partition coefficient (Wildman–Crippen LogP) is 3.56. The summed E-state index contributed by atoms with van der Waals surface area (Å²) in [4.78, 5) is 0. The van der Waals surface area contributed by atoms with E-state index in [0.717, 1.165) is 0 Å². The fourth-order valence-electron chi connectivity index (χ4n) is 1.27. The summed E-state index contributed by atoms with van der Waals surface area (Å²) < 4.78 is 13.5. The fraction of sp³-hybridized carbons (Fsp3) is 1.00. The zero-order valence-corrected chi connectivity index (χ0v) is 7.58. The molecule has 1 heteroatoms. The average molecular weight is 146 g/mol. The molecule has 0 bridgehead atoms. The van der Waals surface area contributed by atoms with Crippen molar-refractivity contribution in [2.24, 2.45) is 5.92 Å². The first-order valence-corrected chi connectivity index (χ1v) is 4.23. The maximum absolute atomic E-state index is 13.5. The molecule has 0 aromatic rings. The molecule has 0 saturated carbocycles. The molecule has 0 rings (SSSR count). The number of halogens is 1. The second-order valence-electron chi connectivity index (χ2n) is 3.46. The standard InChI is InChI=1S/C9H19F/c1-5-9(10,6-2)7-8(3)4/h8H,5-7H2,1-4H3. The smallest absolute Gasteiger partial charge is 0.110 e. The van der Waals surface area contributed by atoms with Crippen LogP contribution in [0, 0.1) is 5.92 Å². The van der Waals surface area contributed by atoms with Crippen LogP contribution < -0.4 is 0 Å². The lowest BCUT2D eigenvalue weighted by molar-refractivity contribution is 0.119. The Kier molecular flexibility index (Phi) is 3.92. The molecule has 0 aliphatic carbocycles. The highest BCUT2D eigenvalue weighted by molar-refractivity contribution is 4.76. The normalized spacial score (nSPS) is 12.6. The maximum Gasteiger partial charge on any atom is 0.110 e. The summed E-state index contributed by atoms with van der Waals surface area (Å²) in [6.45, 7) is 7.98. The van der Waals surface area contributed by atoms with Gasteiger partial charge in [0.05, 0.1) is 0 Å². The van der Waals surface area contributed by atoms with E-state index in [-0.39, 0.29) is 0 Å². The van der Waals surface area contributed by atoms with Crippen LogP contribution in [0.1, 0.15) is 47.0 Å². The van der Waals surface area contributed by atoms with E-state index in [1.807, 2.05) is 13.8 Å². The summed E-state index contributed by atoms with van der Waals surface area (Å²) in [5.74, 6) is 0.477. The second-order valence-corrected chi connectivity index (χ2v) is 3.46. The highest BCUT2D eigenvalue weighted by Crippen LogP contribution is 2.28. The van der Waals surface area contributed by atoms with Gasteiger partial charge in [-0.1, -0.05) is 27.7 Å². The van der Waals surface area contributed by atoms with Gasteiger partial charge in [0.25, 0.3) is 0 Å². The van der Waals surface area contributed by atoms with Crippen LogP contribution in [0.5, 0.6) is 0 Å². The largest absolute Gasteiger partial charge is 0.244 e. The summed E-state index contributed by atoms with van der Waals surface area (Å²) in [5, 5.41) is 0. The van der Waals surface area contributed by atoms with Gasteiger partial charge in [0, 0.05) is 0 Å². The monoisotopic (exact) mass is 146 g/mol. The zero-order valence-electron chi connectivity index (χ0n) is 7.58. The van der Waals surface area contributed by atoms with Crippen LogP contribution in [0.4, 0.5) is 4.39 Å². The molecule has 0 aromatic heterocycles. The summed E-state index contributed by atoms with van der Waals surface area (Å²) in [6.07, 6.45) is 2.02. The molecule has 0 heterocycles. The van der Waals surface area contributed by atoms with E-state index in [1.54, 1.807) is 0 Å². The van der Waals surface area contributed by atoms with Gasteiger partial charge in [-0.2, -0.15) is 0 Å². The van der Waals surface area contributed by atoms with Crippen LogP contribution in [0.25, 0.3) is 0 Å². The van der Waals surface area contributed by atoms with E-state index in [0.29, 0.717) is 25.2 Å². The molecular formula is C9H19F. The van der Waals surface area contributed by atoms with Gasteiger partial charge in [-0.05, 0) is 25.2 Å². The van der Waals surface area contributed by atoms with Gasteiger partial charge >= 0.3 is 0 Å². The van der Waals surface area contributed by atoms with Crippen LogP contribution in [0.2, 0.25) is 0 Å². The van der Waals surface area contributed by atoms with Gasteiger partial charge in [0.15, 0.2) is 0 Å². The van der Waals surface area contributed by atoms with Gasteiger partial charge in [0.2, 0.25) is 0 Å². The Morgan fingerprint density at radius 3 is 1.70 bits per heavy atom. The Labute approximate surface area is 63.8 Å². The molecule has 0 spiro atoms. The number of rotatable bonds is 4. The van der Waals surface area contributed by atoms with Crippen molar-refractivity contribution >= 4 is 0 Å². The van der Waals surface area contributed by atoms with Crippen molar-refractivity contribution in [2.45, 2.75) is 52.6 Å². The highest BCUT2D eigenvalue weighted by atomic mass is 19.1. The molecule has 0 unspecified atom stereocenters. The summed E-state index contributed by atoms with van der Waals surface area (Å²) in [6, 6.07) is 0. The lowest BCUT2D eigenvalue weighted by Crippen LogP contribution is -2.22. The van der Waals surface area contributed by atoms with Crippen molar-refractivity contribution in [3.8, 4) is 0 Å². The summed E-state index contributed by atoms with van der Waals surface area (Å²) >= 11 is 0. The summed E-state index contributed by atoms with van der Waals surface area (Å²) in [7, 11) is 0. The SMILES string of the molecule is CCC(F)(CC)CC(C)C. The van der Waals surface area contributed by atoms with Gasteiger partial charge in [-0.3, -0.25) is 0 Å². The minimum absolute atomic E-state index is 0.477. The topological polar surface area (TPSA) is 0 Å². The predicted molar refractivity (Wildman–Crippen MR) is 43.9 cm³/mol.